The lowest BCUT2D eigenvalue weighted by Gasteiger charge is -1.64. The summed E-state index contributed by atoms with van der Waals surface area (Å²) < 4.78 is 0. The Morgan fingerprint density at radius 2 is 2.67 bits per heavy atom. The zero-order valence-corrected chi connectivity index (χ0v) is 3.09. The van der Waals surface area contributed by atoms with Crippen molar-refractivity contribution >= 4 is 5.91 Å². The molecule has 31 valence electrons. The average Bonchev–Trinajstić information content (AvgIpc) is 1.86. The van der Waals surface area contributed by atoms with Crippen molar-refractivity contribution in [2.45, 2.75) is 0 Å². The molecule has 3 heteroatoms. The summed E-state index contributed by atoms with van der Waals surface area (Å²) in [6, 6.07) is 0. The quantitative estimate of drug-likeness (QED) is 0.412. The lowest BCUT2D eigenvalue weighted by molar-refractivity contribution is -0.114. The Morgan fingerprint density at radius 3 is 2.83 bits per heavy atom. The van der Waals surface area contributed by atoms with Gasteiger partial charge >= 0.3 is 0 Å². The molecule has 0 aromatic rings. The largest absolute Gasteiger partial charge is 0.270 e. The van der Waals surface area contributed by atoms with Crippen LogP contribution in [0, 0.1) is 6.42 Å². The monoisotopic (exact) mass is 83.0 g/mol. The summed E-state index contributed by atoms with van der Waals surface area (Å²) in [5, 5.41) is 6.55. The van der Waals surface area contributed by atoms with Gasteiger partial charge in [0.15, 0.2) is 0 Å². The van der Waals surface area contributed by atoms with Crippen molar-refractivity contribution in [1.82, 2.24) is 0 Å². The summed E-state index contributed by atoms with van der Waals surface area (Å²) in [5.41, 5.74) is 0. The lowest BCUT2D eigenvalue weighted by atomic mass is 10.4. The molecule has 0 aromatic carbocycles. The van der Waals surface area contributed by atoms with Crippen LogP contribution >= 0.6 is 0 Å². The Kier molecular flexibility index (Phi) is 0.670. The topological polar surface area (TPSA) is 41.8 Å². The molecule has 1 radical (unpaired) electrons. The summed E-state index contributed by atoms with van der Waals surface area (Å²) in [7, 11) is 0. The fourth-order valence-corrected chi connectivity index (χ4v) is 0.270. The van der Waals surface area contributed by atoms with Gasteiger partial charge < -0.3 is 0 Å². The van der Waals surface area contributed by atoms with E-state index in [4.69, 9.17) is 0 Å². The van der Waals surface area contributed by atoms with Crippen LogP contribution in [0.5, 0.6) is 0 Å². The third-order valence-corrected chi connectivity index (χ3v) is 0.517. The van der Waals surface area contributed by atoms with Crippen LogP contribution in [0.15, 0.2) is 10.2 Å². The van der Waals surface area contributed by atoms with E-state index in [1.807, 2.05) is 0 Å². The molecule has 0 aromatic heterocycles. The third kappa shape index (κ3) is 0.429. The Bertz CT molecular complexity index is 97.0. The van der Waals surface area contributed by atoms with Crippen LogP contribution in [-0.4, -0.2) is 12.5 Å². The Labute approximate surface area is 35.1 Å². The lowest BCUT2D eigenvalue weighted by Crippen LogP contribution is -1.84. The first-order valence-corrected chi connectivity index (χ1v) is 1.64. The number of carbonyl (C=O) groups is 1. The first-order chi connectivity index (χ1) is 2.89. The van der Waals surface area contributed by atoms with Crippen molar-refractivity contribution in [3.8, 4) is 0 Å². The zero-order valence-electron chi connectivity index (χ0n) is 3.09. The molecule has 1 rings (SSSR count). The Morgan fingerprint density at radius 1 is 1.83 bits per heavy atom. The molecule has 0 saturated carbocycles. The maximum absolute atomic E-state index is 9.93. The fraction of sp³-hybridized carbons (Fsp3) is 0.333. The molecule has 0 saturated heterocycles. The summed E-state index contributed by atoms with van der Waals surface area (Å²) in [6.45, 7) is 0.471. The van der Waals surface area contributed by atoms with Crippen LogP contribution in [0.1, 0.15) is 0 Å². The Hall–Kier alpha value is -0.730. The molecule has 0 N–H and O–H groups in total. The molecule has 0 bridgehead atoms. The van der Waals surface area contributed by atoms with Crippen LogP contribution in [0.2, 0.25) is 0 Å². The molecular weight excluding hydrogens is 80.0 g/mol. The highest BCUT2D eigenvalue weighted by atomic mass is 16.2. The second kappa shape index (κ2) is 1.16. The molecule has 1 aliphatic rings. The van der Waals surface area contributed by atoms with E-state index in [1.54, 1.807) is 0 Å². The molecule has 6 heavy (non-hydrogen) atoms. The van der Waals surface area contributed by atoms with E-state index in [2.05, 4.69) is 10.2 Å². The molecule has 0 atom stereocenters. The van der Waals surface area contributed by atoms with Gasteiger partial charge in [0.25, 0.3) is 5.91 Å². The van der Waals surface area contributed by atoms with Crippen molar-refractivity contribution in [3.63, 3.8) is 0 Å². The van der Waals surface area contributed by atoms with Gasteiger partial charge in [-0.15, -0.1) is 5.11 Å². The average molecular weight is 83.1 g/mol. The number of carbonyl (C=O) groups excluding carboxylic acids is 1. The minimum atomic E-state index is -0.213. The van der Waals surface area contributed by atoms with Crippen LogP contribution < -0.4 is 0 Å². The second-order valence-corrected chi connectivity index (χ2v) is 0.966. The number of rotatable bonds is 0. The highest BCUT2D eigenvalue weighted by molar-refractivity contribution is 5.86. The molecule has 0 spiro atoms. The van der Waals surface area contributed by atoms with Gasteiger partial charge in [0.05, 0.1) is 13.0 Å². The summed E-state index contributed by atoms with van der Waals surface area (Å²) in [6.07, 6.45) is 1.43. The first kappa shape index (κ1) is 3.46. The SMILES string of the molecule is O=C1[CH]CN=N1. The highest BCUT2D eigenvalue weighted by Gasteiger charge is 2.03. The standard InChI is InChI=1S/C3H3N2O/c6-3-1-2-4-5-3/h1H,2H2. The summed E-state index contributed by atoms with van der Waals surface area (Å²) >= 11 is 0. The number of hydrogen-bond acceptors (Lipinski definition) is 2. The van der Waals surface area contributed by atoms with E-state index >= 15 is 0 Å². The van der Waals surface area contributed by atoms with E-state index < -0.39 is 0 Å². The minimum absolute atomic E-state index is 0.213. The van der Waals surface area contributed by atoms with Crippen LogP contribution in [0.25, 0.3) is 0 Å². The van der Waals surface area contributed by atoms with Crippen molar-refractivity contribution in [2.75, 3.05) is 6.54 Å². The van der Waals surface area contributed by atoms with Gasteiger partial charge in [-0.25, -0.2) is 0 Å². The predicted octanol–water partition coefficient (Wildman–Crippen LogP) is 0.183. The predicted molar refractivity (Wildman–Crippen MR) is 19.0 cm³/mol. The maximum Gasteiger partial charge on any atom is 0.270 e. The normalized spacial score (nSPS) is 19.7. The maximum atomic E-state index is 9.93. The van der Waals surface area contributed by atoms with E-state index in [0.29, 0.717) is 6.54 Å². The second-order valence-electron chi connectivity index (χ2n) is 0.966. The summed E-state index contributed by atoms with van der Waals surface area (Å²) in [5.74, 6) is -0.213. The van der Waals surface area contributed by atoms with E-state index in [9.17, 15) is 4.79 Å². The van der Waals surface area contributed by atoms with Gasteiger partial charge in [-0.3, -0.25) is 4.79 Å². The van der Waals surface area contributed by atoms with Gasteiger partial charge in [-0.2, -0.15) is 5.11 Å². The first-order valence-electron chi connectivity index (χ1n) is 1.64. The van der Waals surface area contributed by atoms with Crippen molar-refractivity contribution in [3.05, 3.63) is 6.42 Å². The highest BCUT2D eigenvalue weighted by Crippen LogP contribution is 1.93. The molecule has 0 aliphatic carbocycles. The van der Waals surface area contributed by atoms with Gasteiger partial charge in [0, 0.05) is 0 Å². The molecule has 3 nitrogen and oxygen atoms in total. The van der Waals surface area contributed by atoms with Crippen molar-refractivity contribution < 1.29 is 4.79 Å². The molecule has 1 amide bonds. The zero-order chi connectivity index (χ0) is 4.41. The van der Waals surface area contributed by atoms with Crippen LogP contribution in [-0.2, 0) is 4.79 Å². The minimum Gasteiger partial charge on any atom is -0.270 e. The fourth-order valence-electron chi connectivity index (χ4n) is 0.270. The van der Waals surface area contributed by atoms with E-state index in [-0.39, 0.29) is 5.91 Å². The molecule has 0 fully saturated rings. The molecular formula is C3H3N2O. The molecule has 1 heterocycles. The summed E-state index contributed by atoms with van der Waals surface area (Å²) in [4.78, 5) is 9.93. The number of nitrogens with zero attached hydrogens (tertiary/aromatic N) is 2. The van der Waals surface area contributed by atoms with Crippen molar-refractivity contribution in [2.24, 2.45) is 10.2 Å². The number of amides is 1. The third-order valence-electron chi connectivity index (χ3n) is 0.517. The number of azo groups is 1. The van der Waals surface area contributed by atoms with Gasteiger partial charge in [0.1, 0.15) is 0 Å². The van der Waals surface area contributed by atoms with Gasteiger partial charge in [0.2, 0.25) is 0 Å². The van der Waals surface area contributed by atoms with Crippen molar-refractivity contribution in [1.29, 1.82) is 0 Å². The molecule has 1 aliphatic heterocycles. The Balaban J connectivity index is 2.59. The van der Waals surface area contributed by atoms with Gasteiger partial charge in [-0.05, 0) is 0 Å². The molecule has 0 unspecified atom stereocenters. The van der Waals surface area contributed by atoms with E-state index in [1.165, 1.54) is 6.42 Å². The van der Waals surface area contributed by atoms with Gasteiger partial charge in [-0.1, -0.05) is 0 Å². The van der Waals surface area contributed by atoms with Crippen LogP contribution in [0.3, 0.4) is 0 Å². The smallest absolute Gasteiger partial charge is 0.270 e. The van der Waals surface area contributed by atoms with E-state index in [0.717, 1.165) is 0 Å². The number of hydrogen-bond donors (Lipinski definition) is 0. The van der Waals surface area contributed by atoms with Crippen LogP contribution in [0.4, 0.5) is 0 Å².